The summed E-state index contributed by atoms with van der Waals surface area (Å²) in [5.41, 5.74) is -1.07. The molecule has 1 heterocycles. The van der Waals surface area contributed by atoms with Crippen LogP contribution in [0.3, 0.4) is 0 Å². The van der Waals surface area contributed by atoms with E-state index in [2.05, 4.69) is 35.3 Å². The number of nitrogens with zero attached hydrogens (tertiary/aromatic N) is 2. The molecule has 6 nitrogen and oxygen atoms in total. The molecule has 0 aromatic heterocycles. The van der Waals surface area contributed by atoms with Crippen molar-refractivity contribution in [3.63, 3.8) is 0 Å². The van der Waals surface area contributed by atoms with E-state index < -0.39 is 11.1 Å². The monoisotopic (exact) mass is 385 g/mol. The quantitative estimate of drug-likeness (QED) is 0.535. The van der Waals surface area contributed by atoms with Crippen LogP contribution in [0.25, 0.3) is 0 Å². The molecule has 4 saturated carbocycles. The Balaban J connectivity index is 1.47. The van der Waals surface area contributed by atoms with Crippen LogP contribution in [0.2, 0.25) is 0 Å². The van der Waals surface area contributed by atoms with E-state index in [9.17, 15) is 9.59 Å². The van der Waals surface area contributed by atoms with Gasteiger partial charge in [0.2, 0.25) is 5.91 Å². The fourth-order valence-electron chi connectivity index (χ4n) is 7.60. The van der Waals surface area contributed by atoms with Gasteiger partial charge in [0.05, 0.1) is 12.5 Å². The van der Waals surface area contributed by atoms with E-state index >= 15 is 0 Å². The maximum Gasteiger partial charge on any atom is 0.311 e. The summed E-state index contributed by atoms with van der Waals surface area (Å²) < 4.78 is 5.22. The fraction of sp³-hybridized carbons (Fsp3) is 0.818. The van der Waals surface area contributed by atoms with Crippen molar-refractivity contribution in [3.8, 4) is 12.3 Å². The van der Waals surface area contributed by atoms with Crippen LogP contribution >= 0.6 is 0 Å². The topological polar surface area (TPSA) is 80.1 Å². The average Bonchev–Trinajstić information content (AvgIpc) is 3.34. The number of hydrogen-bond acceptors (Lipinski definition) is 5. The fourth-order valence-corrected chi connectivity index (χ4v) is 7.60. The van der Waals surface area contributed by atoms with Gasteiger partial charge in [-0.3, -0.25) is 9.59 Å². The van der Waals surface area contributed by atoms with Crippen molar-refractivity contribution in [2.24, 2.45) is 26.5 Å². The number of nitrogens with one attached hydrogen (secondary N) is 1. The van der Waals surface area contributed by atoms with Gasteiger partial charge in [-0.05, 0) is 49.4 Å². The minimum atomic E-state index is -0.463. The minimum Gasteiger partial charge on any atom is -0.469 e. The number of rotatable bonds is 7. The molecule has 0 spiro atoms. The number of esters is 1. The Morgan fingerprint density at radius 3 is 2.21 bits per heavy atom. The van der Waals surface area contributed by atoms with Crippen molar-refractivity contribution >= 4 is 11.9 Å². The maximum atomic E-state index is 12.9. The predicted molar refractivity (Wildman–Crippen MR) is 104 cm³/mol. The second-order valence-electron chi connectivity index (χ2n) is 10.7. The van der Waals surface area contributed by atoms with Gasteiger partial charge in [-0.25, -0.2) is 0 Å². The van der Waals surface area contributed by atoms with Gasteiger partial charge in [0.25, 0.3) is 0 Å². The van der Waals surface area contributed by atoms with E-state index in [0.29, 0.717) is 32.1 Å². The Labute approximate surface area is 167 Å². The molecule has 1 N–H and O–H groups in total. The molecule has 28 heavy (non-hydrogen) atoms. The van der Waals surface area contributed by atoms with Gasteiger partial charge in [0, 0.05) is 31.2 Å². The lowest BCUT2D eigenvalue weighted by Gasteiger charge is -2.68. The molecule has 1 aliphatic heterocycles. The molecule has 2 unspecified atom stereocenters. The van der Waals surface area contributed by atoms with Crippen LogP contribution in [0.1, 0.15) is 78.1 Å². The lowest BCUT2D eigenvalue weighted by molar-refractivity contribution is -0.197. The summed E-state index contributed by atoms with van der Waals surface area (Å²) in [6, 6.07) is 0. The summed E-state index contributed by atoms with van der Waals surface area (Å²) in [7, 11) is 1.48. The highest BCUT2D eigenvalue weighted by Gasteiger charge is 2.68. The third-order valence-electron chi connectivity index (χ3n) is 7.42. The lowest BCUT2D eigenvalue weighted by atomic mass is 9.38. The van der Waals surface area contributed by atoms with Crippen molar-refractivity contribution in [1.29, 1.82) is 0 Å². The molecule has 152 valence electrons. The second kappa shape index (κ2) is 6.05. The Bertz CT molecular complexity index is 756. The van der Waals surface area contributed by atoms with Gasteiger partial charge in [-0.15, -0.1) is 12.3 Å². The van der Waals surface area contributed by atoms with E-state index in [0.717, 1.165) is 32.1 Å². The Morgan fingerprint density at radius 1 is 1.04 bits per heavy atom. The molecule has 4 fully saturated rings. The number of carbonyl (C=O) groups excluding carboxylic acids is 2. The summed E-state index contributed by atoms with van der Waals surface area (Å²) in [6.07, 6.45) is 13.1. The highest BCUT2D eigenvalue weighted by molar-refractivity contribution is 5.80. The van der Waals surface area contributed by atoms with Gasteiger partial charge in [-0.1, -0.05) is 13.8 Å². The van der Waals surface area contributed by atoms with Crippen molar-refractivity contribution in [1.82, 2.24) is 5.32 Å². The molecule has 0 saturated heterocycles. The molecule has 5 aliphatic rings. The van der Waals surface area contributed by atoms with Crippen molar-refractivity contribution < 1.29 is 14.3 Å². The number of terminal acetylenes is 1. The van der Waals surface area contributed by atoms with Gasteiger partial charge < -0.3 is 10.1 Å². The molecular weight excluding hydrogens is 354 g/mol. The van der Waals surface area contributed by atoms with Crippen LogP contribution in [-0.2, 0) is 14.3 Å². The highest BCUT2D eigenvalue weighted by Crippen LogP contribution is 2.71. The molecule has 4 aliphatic carbocycles. The summed E-state index contributed by atoms with van der Waals surface area (Å²) >= 11 is 0. The summed E-state index contributed by atoms with van der Waals surface area (Å²) in [6.45, 7) is 4.55. The summed E-state index contributed by atoms with van der Waals surface area (Å²) in [4.78, 5) is 25.6. The summed E-state index contributed by atoms with van der Waals surface area (Å²) in [5.74, 6) is 2.55. The van der Waals surface area contributed by atoms with Crippen LogP contribution in [0.15, 0.2) is 10.2 Å². The van der Waals surface area contributed by atoms with Crippen molar-refractivity contribution in [2.75, 3.05) is 7.11 Å². The van der Waals surface area contributed by atoms with Crippen molar-refractivity contribution in [3.05, 3.63) is 0 Å². The Morgan fingerprint density at radius 2 is 1.68 bits per heavy atom. The molecule has 0 aromatic rings. The molecule has 5 rings (SSSR count). The van der Waals surface area contributed by atoms with E-state index in [-0.39, 0.29) is 28.2 Å². The molecule has 6 heteroatoms. The van der Waals surface area contributed by atoms with Crippen LogP contribution < -0.4 is 5.32 Å². The Kier molecular flexibility index (Phi) is 4.19. The first-order valence-electron chi connectivity index (χ1n) is 10.4. The largest absolute Gasteiger partial charge is 0.469 e. The molecular formula is C22H31N3O3. The molecule has 4 bridgehead atoms. The first-order chi connectivity index (χ1) is 13.1. The van der Waals surface area contributed by atoms with Crippen molar-refractivity contribution in [2.45, 2.75) is 89.3 Å². The average molecular weight is 386 g/mol. The van der Waals surface area contributed by atoms with E-state index in [1.54, 1.807) is 0 Å². The number of carbonyl (C=O) groups is 2. The van der Waals surface area contributed by atoms with Crippen LogP contribution in [-0.4, -0.2) is 30.2 Å². The third-order valence-corrected chi connectivity index (χ3v) is 7.42. The maximum absolute atomic E-state index is 12.9. The summed E-state index contributed by atoms with van der Waals surface area (Å²) in [5, 5.41) is 11.6. The first kappa shape index (κ1) is 19.4. The Hall–Kier alpha value is -1.90. The van der Waals surface area contributed by atoms with Crippen LogP contribution in [0.5, 0.6) is 0 Å². The van der Waals surface area contributed by atoms with Crippen LogP contribution in [0, 0.1) is 28.6 Å². The third kappa shape index (κ3) is 3.23. The normalized spacial score (nSPS) is 41.4. The predicted octanol–water partition coefficient (Wildman–Crippen LogP) is 3.75. The smallest absolute Gasteiger partial charge is 0.311 e. The number of hydrogen-bond donors (Lipinski definition) is 1. The zero-order chi connectivity index (χ0) is 20.3. The first-order valence-corrected chi connectivity index (χ1v) is 10.4. The molecule has 2 atom stereocenters. The zero-order valence-electron chi connectivity index (χ0n) is 17.3. The van der Waals surface area contributed by atoms with E-state index in [1.165, 1.54) is 7.11 Å². The van der Waals surface area contributed by atoms with E-state index in [4.69, 9.17) is 11.2 Å². The number of methoxy groups -OCH3 is 1. The van der Waals surface area contributed by atoms with Gasteiger partial charge in [0.1, 0.15) is 0 Å². The van der Waals surface area contributed by atoms with Crippen LogP contribution in [0.4, 0.5) is 0 Å². The van der Waals surface area contributed by atoms with E-state index in [1.807, 2.05) is 0 Å². The SMILES string of the molecule is C#CCCC1(CCC(=O)NC23CC4(C)CC(C)(C2)CC(C(=O)OC)(C4)C3)N=N1. The molecule has 0 radical (unpaired) electrons. The lowest BCUT2D eigenvalue weighted by Crippen LogP contribution is -2.69. The number of ether oxygens (including phenoxy) is 1. The minimum absolute atomic E-state index is 0.0338. The molecule has 1 amide bonds. The van der Waals surface area contributed by atoms with Gasteiger partial charge in [0.15, 0.2) is 5.66 Å². The molecule has 0 aromatic carbocycles. The second-order valence-corrected chi connectivity index (χ2v) is 10.7. The van der Waals surface area contributed by atoms with Gasteiger partial charge >= 0.3 is 5.97 Å². The number of amides is 1. The standard InChI is InChI=1S/C22H31N3O3/c1-5-6-8-22(24-25-22)9-7-16(26)23-21-13-18(2)10-19(3,14-21)12-20(11-18,15-21)17(27)28-4/h1H,6-15H2,2-4H3,(H,23,26). The zero-order valence-corrected chi connectivity index (χ0v) is 17.3. The van der Waals surface area contributed by atoms with Gasteiger partial charge in [-0.2, -0.15) is 10.2 Å². The highest BCUT2D eigenvalue weighted by atomic mass is 16.5.